The van der Waals surface area contributed by atoms with E-state index in [-0.39, 0.29) is 5.91 Å². The number of carbonyl (C=O) groups is 1. The summed E-state index contributed by atoms with van der Waals surface area (Å²) < 4.78 is 5.77. The number of fused-ring (bicyclic) bond motifs is 1. The molecular formula is C19H20N2O2. The average molecular weight is 308 g/mol. The minimum atomic E-state index is -0.171. The lowest BCUT2D eigenvalue weighted by Crippen LogP contribution is -2.33. The zero-order chi connectivity index (χ0) is 16.6. The van der Waals surface area contributed by atoms with E-state index >= 15 is 0 Å². The van der Waals surface area contributed by atoms with Crippen molar-refractivity contribution in [1.82, 2.24) is 0 Å². The van der Waals surface area contributed by atoms with Gasteiger partial charge in [0.05, 0.1) is 5.69 Å². The molecule has 118 valence electrons. The van der Waals surface area contributed by atoms with Gasteiger partial charge in [0.2, 0.25) is 0 Å². The van der Waals surface area contributed by atoms with Crippen LogP contribution in [0.2, 0.25) is 0 Å². The highest BCUT2D eigenvalue weighted by molar-refractivity contribution is 6.09. The molecule has 1 aliphatic heterocycles. The standard InChI is InChI=1S/C19H20N2O2/c1-12(2)14-6-4-13(5-7-14)10-18-19(22)21(3)16-9-8-15(20)11-17(16)23-18/h4-12H,20H2,1-3H3/b18-10+. The van der Waals surface area contributed by atoms with Crippen LogP contribution in [0.25, 0.3) is 6.08 Å². The molecule has 2 aromatic carbocycles. The molecule has 2 aromatic rings. The van der Waals surface area contributed by atoms with Crippen molar-refractivity contribution in [3.8, 4) is 5.75 Å². The first-order valence-corrected chi connectivity index (χ1v) is 7.63. The van der Waals surface area contributed by atoms with Gasteiger partial charge in [-0.25, -0.2) is 0 Å². The van der Waals surface area contributed by atoms with E-state index in [9.17, 15) is 4.79 Å². The van der Waals surface area contributed by atoms with Gasteiger partial charge in [0.1, 0.15) is 0 Å². The van der Waals surface area contributed by atoms with Gasteiger partial charge >= 0.3 is 0 Å². The topological polar surface area (TPSA) is 55.6 Å². The Balaban J connectivity index is 1.95. The van der Waals surface area contributed by atoms with Crippen LogP contribution >= 0.6 is 0 Å². The maximum absolute atomic E-state index is 12.5. The molecule has 3 rings (SSSR count). The molecule has 4 heteroatoms. The summed E-state index contributed by atoms with van der Waals surface area (Å²) in [6.07, 6.45) is 1.76. The van der Waals surface area contributed by atoms with Crippen LogP contribution in [-0.4, -0.2) is 13.0 Å². The van der Waals surface area contributed by atoms with Gasteiger partial charge in [0.25, 0.3) is 5.91 Å². The molecule has 0 aliphatic carbocycles. The zero-order valence-corrected chi connectivity index (χ0v) is 13.5. The van der Waals surface area contributed by atoms with Crippen LogP contribution in [0.3, 0.4) is 0 Å². The van der Waals surface area contributed by atoms with Crippen LogP contribution < -0.4 is 15.4 Å². The summed E-state index contributed by atoms with van der Waals surface area (Å²) in [5.74, 6) is 1.19. The van der Waals surface area contributed by atoms with Gasteiger partial charge in [-0.3, -0.25) is 4.79 Å². The van der Waals surface area contributed by atoms with Crippen molar-refractivity contribution in [3.05, 3.63) is 59.4 Å². The first-order valence-electron chi connectivity index (χ1n) is 7.63. The highest BCUT2D eigenvalue weighted by Gasteiger charge is 2.27. The lowest BCUT2D eigenvalue weighted by Gasteiger charge is -2.27. The fourth-order valence-electron chi connectivity index (χ4n) is 2.55. The quantitative estimate of drug-likeness (QED) is 0.678. The van der Waals surface area contributed by atoms with Crippen LogP contribution in [-0.2, 0) is 4.79 Å². The second-order valence-electron chi connectivity index (χ2n) is 6.02. The molecule has 0 atom stereocenters. The van der Waals surface area contributed by atoms with Gasteiger partial charge in [0, 0.05) is 18.8 Å². The normalized spacial score (nSPS) is 15.7. The lowest BCUT2D eigenvalue weighted by molar-refractivity contribution is -0.117. The third-order valence-corrected chi connectivity index (χ3v) is 3.98. The molecule has 0 radical (unpaired) electrons. The summed E-state index contributed by atoms with van der Waals surface area (Å²) in [7, 11) is 1.73. The van der Waals surface area contributed by atoms with E-state index < -0.39 is 0 Å². The van der Waals surface area contributed by atoms with Gasteiger partial charge in [-0.15, -0.1) is 0 Å². The Bertz CT molecular complexity index is 776. The molecular weight excluding hydrogens is 288 g/mol. The van der Waals surface area contributed by atoms with Crippen molar-refractivity contribution in [2.45, 2.75) is 19.8 Å². The monoisotopic (exact) mass is 308 g/mol. The first-order chi connectivity index (χ1) is 11.0. The minimum absolute atomic E-state index is 0.171. The average Bonchev–Trinajstić information content (AvgIpc) is 2.52. The summed E-state index contributed by atoms with van der Waals surface area (Å²) in [6, 6.07) is 13.4. The maximum atomic E-state index is 12.5. The molecule has 0 bridgehead atoms. The van der Waals surface area contributed by atoms with E-state index in [1.165, 1.54) is 5.56 Å². The van der Waals surface area contributed by atoms with E-state index in [1.807, 2.05) is 12.1 Å². The van der Waals surface area contributed by atoms with Crippen LogP contribution in [0, 0.1) is 0 Å². The predicted molar refractivity (Wildman–Crippen MR) is 93.4 cm³/mol. The van der Waals surface area contributed by atoms with Gasteiger partial charge in [-0.1, -0.05) is 38.1 Å². The Morgan fingerprint density at radius 3 is 2.48 bits per heavy atom. The molecule has 0 spiro atoms. The molecule has 23 heavy (non-hydrogen) atoms. The molecule has 1 heterocycles. The Kier molecular flexibility index (Phi) is 3.82. The van der Waals surface area contributed by atoms with Gasteiger partial charge in [0.15, 0.2) is 11.5 Å². The summed E-state index contributed by atoms with van der Waals surface area (Å²) in [6.45, 7) is 4.30. The third-order valence-electron chi connectivity index (χ3n) is 3.98. The second-order valence-corrected chi connectivity index (χ2v) is 6.02. The molecule has 1 aliphatic rings. The highest BCUT2D eigenvalue weighted by Crippen LogP contribution is 2.36. The van der Waals surface area contributed by atoms with E-state index in [4.69, 9.17) is 10.5 Å². The van der Waals surface area contributed by atoms with Gasteiger partial charge in [-0.2, -0.15) is 0 Å². The van der Waals surface area contributed by atoms with Crippen molar-refractivity contribution in [3.63, 3.8) is 0 Å². The maximum Gasteiger partial charge on any atom is 0.293 e. The number of nitrogens with zero attached hydrogens (tertiary/aromatic N) is 1. The third kappa shape index (κ3) is 2.93. The van der Waals surface area contributed by atoms with Crippen LogP contribution in [0.15, 0.2) is 48.2 Å². The summed E-state index contributed by atoms with van der Waals surface area (Å²) >= 11 is 0. The Labute approximate surface area is 136 Å². The van der Waals surface area contributed by atoms with E-state index in [2.05, 4.69) is 26.0 Å². The summed E-state index contributed by atoms with van der Waals surface area (Å²) in [5, 5.41) is 0. The van der Waals surface area contributed by atoms with Crippen molar-refractivity contribution in [2.75, 3.05) is 17.7 Å². The fraction of sp³-hybridized carbons (Fsp3) is 0.211. The highest BCUT2D eigenvalue weighted by atomic mass is 16.5. The molecule has 0 aromatic heterocycles. The molecule has 0 fully saturated rings. The number of hydrogen-bond acceptors (Lipinski definition) is 3. The van der Waals surface area contributed by atoms with Crippen LogP contribution in [0.5, 0.6) is 5.75 Å². The van der Waals surface area contributed by atoms with E-state index in [1.54, 1.807) is 36.2 Å². The van der Waals surface area contributed by atoms with Crippen molar-refractivity contribution < 1.29 is 9.53 Å². The number of hydrogen-bond donors (Lipinski definition) is 1. The number of nitrogen functional groups attached to an aromatic ring is 1. The number of rotatable bonds is 2. The minimum Gasteiger partial charge on any atom is -0.449 e. The largest absolute Gasteiger partial charge is 0.449 e. The molecule has 1 amide bonds. The Morgan fingerprint density at radius 1 is 1.13 bits per heavy atom. The van der Waals surface area contributed by atoms with Crippen LogP contribution in [0.1, 0.15) is 30.9 Å². The number of anilines is 2. The van der Waals surface area contributed by atoms with E-state index in [0.29, 0.717) is 23.1 Å². The number of amides is 1. The van der Waals surface area contributed by atoms with Gasteiger partial charge in [-0.05, 0) is 35.3 Å². The number of ether oxygens (including phenoxy) is 1. The number of benzene rings is 2. The summed E-state index contributed by atoms with van der Waals surface area (Å²) in [5.41, 5.74) is 9.32. The summed E-state index contributed by atoms with van der Waals surface area (Å²) in [4.78, 5) is 14.0. The molecule has 0 saturated heterocycles. The number of carbonyl (C=O) groups excluding carboxylic acids is 1. The second kappa shape index (κ2) is 5.80. The number of likely N-dealkylation sites (N-methyl/N-ethyl adjacent to an activating group) is 1. The van der Waals surface area contributed by atoms with E-state index in [0.717, 1.165) is 11.3 Å². The predicted octanol–water partition coefficient (Wildman–Crippen LogP) is 3.79. The molecule has 0 saturated carbocycles. The fourth-order valence-corrected chi connectivity index (χ4v) is 2.55. The Morgan fingerprint density at radius 2 is 1.83 bits per heavy atom. The van der Waals surface area contributed by atoms with Crippen LogP contribution in [0.4, 0.5) is 11.4 Å². The lowest BCUT2D eigenvalue weighted by atomic mass is 10.0. The van der Waals surface area contributed by atoms with Gasteiger partial charge < -0.3 is 15.4 Å². The van der Waals surface area contributed by atoms with Crippen molar-refractivity contribution >= 4 is 23.4 Å². The molecule has 2 N–H and O–H groups in total. The smallest absolute Gasteiger partial charge is 0.293 e. The molecule has 0 unspecified atom stereocenters. The Hall–Kier alpha value is -2.75. The SMILES string of the molecule is CC(C)c1ccc(/C=C2/Oc3cc(N)ccc3N(C)C2=O)cc1. The molecule has 4 nitrogen and oxygen atoms in total. The van der Waals surface area contributed by atoms with Crippen molar-refractivity contribution in [2.24, 2.45) is 0 Å². The first kappa shape index (κ1) is 15.2. The number of nitrogens with two attached hydrogens (primary N) is 1. The van der Waals surface area contributed by atoms with Crippen molar-refractivity contribution in [1.29, 1.82) is 0 Å². The zero-order valence-electron chi connectivity index (χ0n) is 13.5.